The first kappa shape index (κ1) is 23.7. The van der Waals surface area contributed by atoms with Gasteiger partial charge in [0.1, 0.15) is 17.6 Å². The van der Waals surface area contributed by atoms with E-state index in [2.05, 4.69) is 9.88 Å². The van der Waals surface area contributed by atoms with Gasteiger partial charge in [-0.1, -0.05) is 74.5 Å². The van der Waals surface area contributed by atoms with Crippen LogP contribution in [0.3, 0.4) is 0 Å². The molecule has 0 aliphatic carbocycles. The summed E-state index contributed by atoms with van der Waals surface area (Å²) in [6, 6.07) is 19.5. The van der Waals surface area contributed by atoms with Crippen LogP contribution < -0.4 is 5.32 Å². The predicted octanol–water partition coefficient (Wildman–Crippen LogP) is 4.06. The third-order valence-corrected chi connectivity index (χ3v) is 6.01. The molecule has 4 rings (SSSR count). The number of amides is 1. The molecule has 34 heavy (non-hydrogen) atoms. The molecule has 0 bridgehead atoms. The van der Waals surface area contributed by atoms with Gasteiger partial charge in [-0.15, -0.1) is 0 Å². The summed E-state index contributed by atoms with van der Waals surface area (Å²) < 4.78 is 7.52. The van der Waals surface area contributed by atoms with Crippen LogP contribution in [0.5, 0.6) is 0 Å². The molecule has 3 aromatic rings. The van der Waals surface area contributed by atoms with Gasteiger partial charge in [-0.3, -0.25) is 9.59 Å². The number of aromatic nitrogens is 2. The molecular weight excluding hydrogens is 430 g/mol. The first-order valence-corrected chi connectivity index (χ1v) is 11.8. The van der Waals surface area contributed by atoms with Crippen LogP contribution in [0.1, 0.15) is 60.8 Å². The first-order chi connectivity index (χ1) is 16.4. The van der Waals surface area contributed by atoms with E-state index >= 15 is 0 Å². The van der Waals surface area contributed by atoms with Crippen molar-refractivity contribution in [2.45, 2.75) is 64.3 Å². The number of aliphatic hydroxyl groups is 1. The van der Waals surface area contributed by atoms with E-state index < -0.39 is 6.10 Å². The Labute approximate surface area is 199 Å². The Hall–Kier alpha value is -3.45. The molecule has 2 heterocycles. The number of imidazole rings is 1. The average molecular weight is 462 g/mol. The number of hydrogen-bond donors (Lipinski definition) is 2. The van der Waals surface area contributed by atoms with Gasteiger partial charge in [-0.05, 0) is 11.5 Å². The Morgan fingerprint density at radius 2 is 1.82 bits per heavy atom. The molecule has 7 nitrogen and oxygen atoms in total. The van der Waals surface area contributed by atoms with E-state index in [1.807, 2.05) is 74.5 Å². The smallest absolute Gasteiger partial charge is 0.308 e. The van der Waals surface area contributed by atoms with E-state index in [1.165, 1.54) is 0 Å². The van der Waals surface area contributed by atoms with E-state index in [4.69, 9.17) is 9.72 Å². The molecule has 2 atom stereocenters. The minimum atomic E-state index is -0.675. The van der Waals surface area contributed by atoms with Crippen LogP contribution in [-0.4, -0.2) is 38.7 Å². The van der Waals surface area contributed by atoms with Gasteiger partial charge in [0, 0.05) is 31.5 Å². The number of nitrogens with one attached hydrogen (secondary N) is 1. The van der Waals surface area contributed by atoms with Crippen LogP contribution in [0.25, 0.3) is 11.4 Å². The lowest BCUT2D eigenvalue weighted by Gasteiger charge is -2.26. The molecule has 0 spiro atoms. The van der Waals surface area contributed by atoms with Gasteiger partial charge in [0.15, 0.2) is 0 Å². The van der Waals surface area contributed by atoms with E-state index in [-0.39, 0.29) is 30.3 Å². The van der Waals surface area contributed by atoms with Crippen LogP contribution in [-0.2, 0) is 22.6 Å². The Morgan fingerprint density at radius 3 is 2.47 bits per heavy atom. The third kappa shape index (κ3) is 5.54. The minimum Gasteiger partial charge on any atom is -0.462 e. The molecule has 0 radical (unpaired) electrons. The molecule has 1 amide bonds. The highest BCUT2D eigenvalue weighted by atomic mass is 16.5. The lowest BCUT2D eigenvalue weighted by molar-refractivity contribution is -0.160. The monoisotopic (exact) mass is 461 g/mol. The Kier molecular flexibility index (Phi) is 7.43. The molecule has 1 aliphatic heterocycles. The van der Waals surface area contributed by atoms with Crippen molar-refractivity contribution in [1.82, 2.24) is 14.9 Å². The lowest BCUT2D eigenvalue weighted by atomic mass is 10.0. The summed E-state index contributed by atoms with van der Waals surface area (Å²) >= 11 is 0. The molecular formula is C27H31N3O4. The molecule has 7 heteroatoms. The fraction of sp³-hybridized carbons (Fsp3) is 0.370. The number of cyclic esters (lactones) is 1. The van der Waals surface area contributed by atoms with Gasteiger partial charge in [0.05, 0.1) is 18.2 Å². The highest BCUT2D eigenvalue weighted by Crippen LogP contribution is 2.29. The van der Waals surface area contributed by atoms with Crippen molar-refractivity contribution in [3.8, 4) is 11.4 Å². The number of rotatable bonds is 8. The second kappa shape index (κ2) is 10.7. The van der Waals surface area contributed by atoms with Crippen molar-refractivity contribution in [3.05, 3.63) is 77.6 Å². The number of aliphatic hydroxyl groups excluding tert-OH is 1. The molecule has 2 aromatic carbocycles. The van der Waals surface area contributed by atoms with Crippen LogP contribution >= 0.6 is 0 Å². The van der Waals surface area contributed by atoms with Crippen LogP contribution in [0, 0.1) is 0 Å². The topological polar surface area (TPSA) is 93.5 Å². The summed E-state index contributed by atoms with van der Waals surface area (Å²) in [5, 5.41) is 13.0. The molecule has 0 unspecified atom stereocenters. The maximum atomic E-state index is 13.2. The third-order valence-electron chi connectivity index (χ3n) is 6.01. The lowest BCUT2D eigenvalue weighted by Crippen LogP contribution is -2.33. The molecule has 1 saturated heterocycles. The minimum absolute atomic E-state index is 0.0415. The average Bonchev–Trinajstić information content (AvgIpc) is 3.22. The Balaban J connectivity index is 1.64. The van der Waals surface area contributed by atoms with E-state index in [0.29, 0.717) is 37.4 Å². The number of hydrogen-bond acceptors (Lipinski definition) is 5. The Morgan fingerprint density at radius 1 is 1.15 bits per heavy atom. The maximum Gasteiger partial charge on any atom is 0.308 e. The quantitative estimate of drug-likeness (QED) is 0.494. The van der Waals surface area contributed by atoms with E-state index in [9.17, 15) is 14.7 Å². The number of nitrogens with zero attached hydrogens (tertiary/aromatic N) is 2. The van der Waals surface area contributed by atoms with Crippen molar-refractivity contribution in [2.75, 3.05) is 0 Å². The molecule has 0 saturated carbocycles. The normalized spacial score (nSPS) is 18.1. The second-order valence-corrected chi connectivity index (χ2v) is 9.00. The zero-order valence-electron chi connectivity index (χ0n) is 19.6. The summed E-state index contributed by atoms with van der Waals surface area (Å²) in [7, 11) is 0. The zero-order valence-corrected chi connectivity index (χ0v) is 19.6. The molecule has 178 valence electrons. The SMILES string of the molecule is CC(C)c1c(C(=O)NCc2ccccc2)nc(-c2ccccc2)n1CC[C@@H]1C[C@@H](O)CC(=O)O1. The largest absolute Gasteiger partial charge is 0.462 e. The maximum absolute atomic E-state index is 13.2. The fourth-order valence-electron chi connectivity index (χ4n) is 4.42. The number of carbonyl (C=O) groups excluding carboxylic acids is 2. The van der Waals surface area contributed by atoms with Crippen LogP contribution in [0.15, 0.2) is 60.7 Å². The number of ether oxygens (including phenoxy) is 1. The van der Waals surface area contributed by atoms with Gasteiger partial charge in [-0.25, -0.2) is 4.98 Å². The van der Waals surface area contributed by atoms with E-state index in [1.54, 1.807) is 0 Å². The highest BCUT2D eigenvalue weighted by Gasteiger charge is 2.29. The summed E-state index contributed by atoms with van der Waals surface area (Å²) in [5.74, 6) is 0.157. The van der Waals surface area contributed by atoms with Crippen LogP contribution in [0.2, 0.25) is 0 Å². The number of benzene rings is 2. The fourth-order valence-corrected chi connectivity index (χ4v) is 4.42. The number of carbonyl (C=O) groups is 2. The van der Waals surface area contributed by atoms with Crippen molar-refractivity contribution in [1.29, 1.82) is 0 Å². The summed E-state index contributed by atoms with van der Waals surface area (Å²) in [6.07, 6.45) is -0.0456. The summed E-state index contributed by atoms with van der Waals surface area (Å²) in [5.41, 5.74) is 3.17. The van der Waals surface area contributed by atoms with E-state index in [0.717, 1.165) is 16.8 Å². The number of esters is 1. The van der Waals surface area contributed by atoms with Gasteiger partial charge in [0.2, 0.25) is 0 Å². The predicted molar refractivity (Wildman–Crippen MR) is 129 cm³/mol. The first-order valence-electron chi connectivity index (χ1n) is 11.8. The zero-order chi connectivity index (χ0) is 24.1. The Bertz CT molecular complexity index is 1130. The molecule has 1 aromatic heterocycles. The molecule has 2 N–H and O–H groups in total. The standard InChI is InChI=1S/C27H31N3O4/c1-18(2)25-24(27(33)28-17-19-9-5-3-6-10-19)29-26(20-11-7-4-8-12-20)30(25)14-13-22-15-21(31)16-23(32)34-22/h3-12,18,21-22,31H,13-17H2,1-2H3,(H,28,33)/t21-,22-/m1/s1. The summed E-state index contributed by atoms with van der Waals surface area (Å²) in [4.78, 5) is 29.8. The molecule has 1 fully saturated rings. The second-order valence-electron chi connectivity index (χ2n) is 9.00. The van der Waals surface area contributed by atoms with Gasteiger partial charge in [0.25, 0.3) is 5.91 Å². The van der Waals surface area contributed by atoms with Gasteiger partial charge < -0.3 is 19.7 Å². The molecule has 1 aliphatic rings. The highest BCUT2D eigenvalue weighted by molar-refractivity contribution is 5.94. The van der Waals surface area contributed by atoms with Crippen LogP contribution in [0.4, 0.5) is 0 Å². The van der Waals surface area contributed by atoms with Crippen molar-refractivity contribution in [3.63, 3.8) is 0 Å². The van der Waals surface area contributed by atoms with Crippen molar-refractivity contribution < 1.29 is 19.4 Å². The van der Waals surface area contributed by atoms with Crippen molar-refractivity contribution in [2.24, 2.45) is 0 Å². The van der Waals surface area contributed by atoms with Gasteiger partial charge >= 0.3 is 5.97 Å². The summed E-state index contributed by atoms with van der Waals surface area (Å²) in [6.45, 7) is 5.02. The van der Waals surface area contributed by atoms with Gasteiger partial charge in [-0.2, -0.15) is 0 Å². The van der Waals surface area contributed by atoms with Crippen molar-refractivity contribution >= 4 is 11.9 Å².